The van der Waals surface area contributed by atoms with E-state index < -0.39 is 36.9 Å². The predicted molar refractivity (Wildman–Crippen MR) is 128 cm³/mol. The Kier molecular flexibility index (Phi) is 19.0. The lowest BCUT2D eigenvalue weighted by molar-refractivity contribution is -0.910. The molecule has 0 spiro atoms. The van der Waals surface area contributed by atoms with Crippen molar-refractivity contribution in [3.8, 4) is 0 Å². The molecular weight excluding hydrogens is 428 g/mol. The number of quaternary nitrogens is 1. The van der Waals surface area contributed by atoms with Crippen LogP contribution in [0.3, 0.4) is 0 Å². The number of likely N-dealkylation sites (N-methyl/N-ethyl adjacent to an activating group) is 1. The summed E-state index contributed by atoms with van der Waals surface area (Å²) in [5, 5.41) is 59.3. The molecule has 0 saturated carbocycles. The number of aliphatic hydroxyl groups is 6. The van der Waals surface area contributed by atoms with Crippen LogP contribution in [-0.4, -0.2) is 112 Å². The minimum absolute atomic E-state index is 0.0938. The zero-order valence-corrected chi connectivity index (χ0v) is 20.9. The van der Waals surface area contributed by atoms with Crippen molar-refractivity contribution in [1.29, 1.82) is 0 Å². The average molecular weight is 480 g/mol. The van der Waals surface area contributed by atoms with Gasteiger partial charge in [-0.2, -0.15) is 0 Å². The van der Waals surface area contributed by atoms with Crippen LogP contribution in [0, 0.1) is 0 Å². The maximum absolute atomic E-state index is 12.0. The van der Waals surface area contributed by atoms with Crippen molar-refractivity contribution in [2.24, 2.45) is 0 Å². The van der Waals surface area contributed by atoms with Crippen molar-refractivity contribution in [2.75, 3.05) is 46.4 Å². The third kappa shape index (κ3) is 14.9. The van der Waals surface area contributed by atoms with Gasteiger partial charge in [0.25, 0.3) is 5.91 Å². The van der Waals surface area contributed by atoms with Crippen LogP contribution in [0.25, 0.3) is 0 Å². The molecule has 1 amide bonds. The Morgan fingerprint density at radius 3 is 1.79 bits per heavy atom. The van der Waals surface area contributed by atoms with E-state index in [9.17, 15) is 30.3 Å². The second-order valence-corrected chi connectivity index (χ2v) is 9.52. The molecule has 0 aromatic heterocycles. The van der Waals surface area contributed by atoms with Gasteiger partial charge in [0.1, 0.15) is 24.9 Å². The quantitative estimate of drug-likeness (QED) is 0.0871. The number of hydrogen-bond donors (Lipinski definition) is 7. The highest BCUT2D eigenvalue weighted by molar-refractivity contribution is 5.81. The third-order valence-corrected chi connectivity index (χ3v) is 6.39. The van der Waals surface area contributed by atoms with E-state index in [4.69, 9.17) is 5.11 Å². The van der Waals surface area contributed by atoms with Crippen LogP contribution >= 0.6 is 0 Å². The first-order chi connectivity index (χ1) is 15.7. The number of carbonyl (C=O) groups is 1. The summed E-state index contributed by atoms with van der Waals surface area (Å²) in [7, 11) is 2.09. The molecule has 33 heavy (non-hydrogen) atoms. The number of hydrogen-bond acceptors (Lipinski definition) is 7. The summed E-state index contributed by atoms with van der Waals surface area (Å²) in [5.74, 6) is -0.849. The zero-order chi connectivity index (χ0) is 25.1. The van der Waals surface area contributed by atoms with E-state index in [0.717, 1.165) is 19.5 Å². The maximum atomic E-state index is 12.0. The molecule has 5 atom stereocenters. The van der Waals surface area contributed by atoms with E-state index >= 15 is 0 Å². The Balaban J connectivity index is 4.13. The molecule has 0 bridgehead atoms. The first-order valence-corrected chi connectivity index (χ1v) is 12.8. The van der Waals surface area contributed by atoms with E-state index in [1.807, 2.05) is 0 Å². The molecule has 9 heteroatoms. The van der Waals surface area contributed by atoms with Crippen molar-refractivity contribution in [2.45, 2.75) is 102 Å². The van der Waals surface area contributed by atoms with Crippen molar-refractivity contribution in [1.82, 2.24) is 5.32 Å². The fourth-order valence-corrected chi connectivity index (χ4v) is 4.01. The highest BCUT2D eigenvalue weighted by atomic mass is 16.4. The molecule has 0 saturated heterocycles. The standard InChI is InChI=1S/C24H50N2O7/c1-3-4-5-6-7-8-9-10-11-12-15-26(2,17-18-27)16-13-14-25-24(33)23(32)22(31)21(30)20(29)19-28/h20-23,27-32H,3-19H2,1-2H3/p+1/t20-,21-,22+,23-,26?/m1/s1. The van der Waals surface area contributed by atoms with Crippen molar-refractivity contribution < 1.29 is 39.9 Å². The molecule has 1 unspecified atom stereocenters. The van der Waals surface area contributed by atoms with E-state index in [2.05, 4.69) is 19.3 Å². The van der Waals surface area contributed by atoms with E-state index in [1.165, 1.54) is 57.8 Å². The fraction of sp³-hybridized carbons (Fsp3) is 0.958. The summed E-state index contributed by atoms with van der Waals surface area (Å²) in [6.45, 7) is 4.15. The van der Waals surface area contributed by atoms with Gasteiger partial charge in [-0.15, -0.1) is 0 Å². The first-order valence-electron chi connectivity index (χ1n) is 12.8. The largest absolute Gasteiger partial charge is 0.394 e. The molecule has 0 radical (unpaired) electrons. The van der Waals surface area contributed by atoms with Gasteiger partial charge in [-0.3, -0.25) is 4.79 Å². The molecule has 0 heterocycles. The second kappa shape index (κ2) is 19.5. The molecular formula is C24H51N2O7+. The molecule has 0 aromatic carbocycles. The lowest BCUT2D eigenvalue weighted by atomic mass is 10.0. The van der Waals surface area contributed by atoms with E-state index in [-0.39, 0.29) is 13.2 Å². The van der Waals surface area contributed by atoms with Crippen molar-refractivity contribution >= 4 is 5.91 Å². The number of carbonyl (C=O) groups excluding carboxylic acids is 1. The fourth-order valence-electron chi connectivity index (χ4n) is 4.01. The van der Waals surface area contributed by atoms with E-state index in [0.29, 0.717) is 17.4 Å². The summed E-state index contributed by atoms with van der Waals surface area (Å²) in [5.41, 5.74) is 0. The minimum Gasteiger partial charge on any atom is -0.394 e. The Labute approximate surface area is 200 Å². The van der Waals surface area contributed by atoms with Gasteiger partial charge < -0.3 is 40.4 Å². The molecule has 0 fully saturated rings. The summed E-state index contributed by atoms with van der Waals surface area (Å²) >= 11 is 0. The van der Waals surface area contributed by atoms with Crippen LogP contribution in [0.2, 0.25) is 0 Å². The van der Waals surface area contributed by atoms with Gasteiger partial charge in [-0.05, 0) is 12.8 Å². The van der Waals surface area contributed by atoms with Gasteiger partial charge in [-0.25, -0.2) is 0 Å². The van der Waals surface area contributed by atoms with Crippen molar-refractivity contribution in [3.05, 3.63) is 0 Å². The number of aliphatic hydroxyl groups excluding tert-OH is 6. The number of nitrogens with zero attached hydrogens (tertiary/aromatic N) is 1. The summed E-state index contributed by atoms with van der Waals surface area (Å²) in [4.78, 5) is 12.0. The number of rotatable bonds is 22. The zero-order valence-electron chi connectivity index (χ0n) is 20.9. The number of amides is 1. The Hall–Kier alpha value is -0.810. The molecule has 0 aliphatic rings. The molecule has 7 N–H and O–H groups in total. The van der Waals surface area contributed by atoms with E-state index in [1.54, 1.807) is 0 Å². The van der Waals surface area contributed by atoms with Crippen LogP contribution in [0.15, 0.2) is 0 Å². The van der Waals surface area contributed by atoms with Gasteiger partial charge in [0, 0.05) is 13.0 Å². The molecule has 0 aliphatic heterocycles. The predicted octanol–water partition coefficient (Wildman–Crippen LogP) is 0.288. The first kappa shape index (κ1) is 32.2. The van der Waals surface area contributed by atoms with Gasteiger partial charge in [0.15, 0.2) is 6.10 Å². The SMILES string of the molecule is CCCCCCCCCCCC[N+](C)(CCO)CCCNC(=O)[C@H](O)[C@@H](O)[C@H](O)[C@H](O)CO. The molecule has 198 valence electrons. The van der Waals surface area contributed by atoms with Crippen LogP contribution in [0.4, 0.5) is 0 Å². The van der Waals surface area contributed by atoms with Crippen LogP contribution in [0.1, 0.15) is 77.6 Å². The third-order valence-electron chi connectivity index (χ3n) is 6.39. The normalized spacial score (nSPS) is 17.2. The van der Waals surface area contributed by atoms with Gasteiger partial charge in [0.2, 0.25) is 0 Å². The minimum atomic E-state index is -1.91. The van der Waals surface area contributed by atoms with Crippen LogP contribution in [-0.2, 0) is 4.79 Å². The lowest BCUT2D eigenvalue weighted by Crippen LogP contribution is -2.52. The maximum Gasteiger partial charge on any atom is 0.251 e. The molecule has 0 aromatic rings. The van der Waals surface area contributed by atoms with Gasteiger partial charge in [-0.1, -0.05) is 58.3 Å². The summed E-state index contributed by atoms with van der Waals surface area (Å²) in [6.07, 6.45) is 6.07. The second-order valence-electron chi connectivity index (χ2n) is 9.52. The molecule has 0 aliphatic carbocycles. The number of nitrogens with one attached hydrogen (secondary N) is 1. The van der Waals surface area contributed by atoms with Gasteiger partial charge >= 0.3 is 0 Å². The summed E-state index contributed by atoms with van der Waals surface area (Å²) in [6, 6.07) is 0. The Morgan fingerprint density at radius 1 is 0.758 bits per heavy atom. The highest BCUT2D eigenvalue weighted by Crippen LogP contribution is 2.13. The van der Waals surface area contributed by atoms with Crippen molar-refractivity contribution in [3.63, 3.8) is 0 Å². The Bertz CT molecular complexity index is 484. The molecule has 0 rings (SSSR count). The average Bonchev–Trinajstić information content (AvgIpc) is 2.81. The highest BCUT2D eigenvalue weighted by Gasteiger charge is 2.34. The molecule has 9 nitrogen and oxygen atoms in total. The lowest BCUT2D eigenvalue weighted by Gasteiger charge is -2.34. The number of unbranched alkanes of at least 4 members (excludes halogenated alkanes) is 9. The van der Waals surface area contributed by atoms with Crippen LogP contribution in [0.5, 0.6) is 0 Å². The Morgan fingerprint density at radius 2 is 1.27 bits per heavy atom. The smallest absolute Gasteiger partial charge is 0.251 e. The topological polar surface area (TPSA) is 150 Å². The monoisotopic (exact) mass is 479 g/mol. The van der Waals surface area contributed by atoms with Gasteiger partial charge in [0.05, 0.1) is 33.4 Å². The van der Waals surface area contributed by atoms with Crippen LogP contribution < -0.4 is 5.32 Å². The summed E-state index contributed by atoms with van der Waals surface area (Å²) < 4.78 is 0.704.